The van der Waals surface area contributed by atoms with Gasteiger partial charge in [-0.1, -0.05) is 0 Å². The molecule has 1 aliphatic heterocycles. The fraction of sp³-hybridized carbons (Fsp3) is 0.417. The summed E-state index contributed by atoms with van der Waals surface area (Å²) in [6, 6.07) is 2.08. The van der Waals surface area contributed by atoms with Crippen LogP contribution in [0, 0.1) is 11.6 Å². The van der Waals surface area contributed by atoms with Crippen LogP contribution in [0.15, 0.2) is 12.1 Å². The number of thioether (sulfide) groups is 1. The van der Waals surface area contributed by atoms with E-state index in [2.05, 4.69) is 5.32 Å². The highest BCUT2D eigenvalue weighted by Gasteiger charge is 2.23. The topological polar surface area (TPSA) is 55.1 Å². The third-order valence-corrected chi connectivity index (χ3v) is 4.06. The van der Waals surface area contributed by atoms with Crippen LogP contribution in [0.4, 0.5) is 14.5 Å². The van der Waals surface area contributed by atoms with E-state index in [4.69, 9.17) is 5.73 Å². The summed E-state index contributed by atoms with van der Waals surface area (Å²) in [6.07, 6.45) is 1.84. The minimum atomic E-state index is -0.990. The molecule has 1 atom stereocenters. The van der Waals surface area contributed by atoms with E-state index in [0.717, 1.165) is 36.5 Å². The van der Waals surface area contributed by atoms with Crippen molar-refractivity contribution < 1.29 is 13.6 Å². The molecule has 1 amide bonds. The summed E-state index contributed by atoms with van der Waals surface area (Å²) < 4.78 is 27.1. The molecule has 98 valence electrons. The van der Waals surface area contributed by atoms with Crippen molar-refractivity contribution in [1.29, 1.82) is 0 Å². The number of halogens is 2. The molecule has 1 unspecified atom stereocenters. The summed E-state index contributed by atoms with van der Waals surface area (Å²) in [5.74, 6) is -0.770. The molecule has 6 heteroatoms. The molecule has 1 aromatic rings. The monoisotopic (exact) mass is 272 g/mol. The van der Waals surface area contributed by atoms with Crippen LogP contribution in [0.3, 0.4) is 0 Å². The Morgan fingerprint density at radius 3 is 2.89 bits per heavy atom. The third-order valence-electron chi connectivity index (χ3n) is 2.84. The van der Waals surface area contributed by atoms with Gasteiger partial charge in [0.25, 0.3) is 5.91 Å². The Kier molecular flexibility index (Phi) is 4.06. The van der Waals surface area contributed by atoms with Gasteiger partial charge in [-0.25, -0.2) is 8.78 Å². The number of nitrogens with two attached hydrogens (primary N) is 1. The Morgan fingerprint density at radius 1 is 1.44 bits per heavy atom. The molecule has 3 N–H and O–H groups in total. The number of anilines is 1. The minimum Gasteiger partial charge on any atom is -0.396 e. The van der Waals surface area contributed by atoms with Crippen molar-refractivity contribution in [2.75, 3.05) is 17.2 Å². The zero-order chi connectivity index (χ0) is 13.1. The summed E-state index contributed by atoms with van der Waals surface area (Å²) in [6.45, 7) is 0. The maximum absolute atomic E-state index is 13.6. The summed E-state index contributed by atoms with van der Waals surface area (Å²) in [7, 11) is 0. The lowest BCUT2D eigenvalue weighted by Crippen LogP contribution is -2.39. The Labute approximate surface area is 108 Å². The first kappa shape index (κ1) is 13.1. The van der Waals surface area contributed by atoms with E-state index in [1.807, 2.05) is 0 Å². The molecule has 0 spiro atoms. The Hall–Kier alpha value is -1.30. The van der Waals surface area contributed by atoms with Gasteiger partial charge >= 0.3 is 0 Å². The van der Waals surface area contributed by atoms with Gasteiger partial charge in [0.1, 0.15) is 11.4 Å². The molecule has 0 aliphatic carbocycles. The molecule has 3 nitrogen and oxygen atoms in total. The van der Waals surface area contributed by atoms with E-state index >= 15 is 0 Å². The van der Waals surface area contributed by atoms with E-state index in [1.54, 1.807) is 11.8 Å². The van der Waals surface area contributed by atoms with Gasteiger partial charge in [0, 0.05) is 11.8 Å². The maximum Gasteiger partial charge on any atom is 0.257 e. The second-order valence-corrected chi connectivity index (χ2v) is 5.36. The first-order valence-corrected chi connectivity index (χ1v) is 6.87. The highest BCUT2D eigenvalue weighted by Crippen LogP contribution is 2.21. The van der Waals surface area contributed by atoms with Crippen LogP contribution in [0.2, 0.25) is 0 Å². The van der Waals surface area contributed by atoms with Crippen molar-refractivity contribution in [2.45, 2.75) is 18.9 Å². The molecular formula is C12H14F2N2OS. The van der Waals surface area contributed by atoms with E-state index in [9.17, 15) is 13.6 Å². The largest absolute Gasteiger partial charge is 0.396 e. The number of carbonyl (C=O) groups is 1. The van der Waals surface area contributed by atoms with Crippen LogP contribution in [0.25, 0.3) is 0 Å². The van der Waals surface area contributed by atoms with Gasteiger partial charge in [0.2, 0.25) is 0 Å². The highest BCUT2D eigenvalue weighted by atomic mass is 32.2. The molecule has 0 aromatic heterocycles. The Balaban J connectivity index is 2.15. The molecule has 0 radical (unpaired) electrons. The summed E-state index contributed by atoms with van der Waals surface area (Å²) in [5, 5.41) is 2.65. The van der Waals surface area contributed by atoms with Gasteiger partial charge in [0.05, 0.1) is 5.69 Å². The summed E-state index contributed by atoms with van der Waals surface area (Å²) in [4.78, 5) is 11.9. The van der Waals surface area contributed by atoms with Crippen molar-refractivity contribution in [3.63, 3.8) is 0 Å². The van der Waals surface area contributed by atoms with Gasteiger partial charge in [0.15, 0.2) is 5.82 Å². The van der Waals surface area contributed by atoms with Gasteiger partial charge in [-0.15, -0.1) is 0 Å². The predicted molar refractivity (Wildman–Crippen MR) is 68.6 cm³/mol. The van der Waals surface area contributed by atoms with Crippen molar-refractivity contribution >= 4 is 23.4 Å². The van der Waals surface area contributed by atoms with Crippen LogP contribution in [-0.4, -0.2) is 23.5 Å². The van der Waals surface area contributed by atoms with E-state index in [1.165, 1.54) is 0 Å². The van der Waals surface area contributed by atoms with Gasteiger partial charge in [-0.05, 0) is 30.7 Å². The fourth-order valence-electron chi connectivity index (χ4n) is 1.89. The summed E-state index contributed by atoms with van der Waals surface area (Å²) >= 11 is 1.72. The number of hydrogen-bond donors (Lipinski definition) is 2. The predicted octanol–water partition coefficient (Wildman–Crippen LogP) is 2.17. The van der Waals surface area contributed by atoms with E-state index in [0.29, 0.717) is 0 Å². The highest BCUT2D eigenvalue weighted by molar-refractivity contribution is 7.99. The van der Waals surface area contributed by atoms with Gasteiger partial charge < -0.3 is 11.1 Å². The van der Waals surface area contributed by atoms with Crippen molar-refractivity contribution in [1.82, 2.24) is 5.32 Å². The van der Waals surface area contributed by atoms with Crippen LogP contribution in [0.1, 0.15) is 23.2 Å². The molecule has 0 bridgehead atoms. The second kappa shape index (κ2) is 5.56. The van der Waals surface area contributed by atoms with Gasteiger partial charge in [-0.3, -0.25) is 4.79 Å². The zero-order valence-electron chi connectivity index (χ0n) is 9.71. The molecule has 2 rings (SSSR count). The molecule has 1 aliphatic rings. The smallest absolute Gasteiger partial charge is 0.257 e. The van der Waals surface area contributed by atoms with E-state index < -0.39 is 23.1 Å². The summed E-state index contributed by atoms with van der Waals surface area (Å²) in [5.41, 5.74) is 4.52. The minimum absolute atomic E-state index is 0.0310. The molecule has 1 heterocycles. The molecular weight excluding hydrogens is 258 g/mol. The number of carbonyl (C=O) groups excluding carboxylic acids is 1. The molecule has 18 heavy (non-hydrogen) atoms. The van der Waals surface area contributed by atoms with E-state index in [-0.39, 0.29) is 11.7 Å². The van der Waals surface area contributed by atoms with Crippen LogP contribution >= 0.6 is 11.8 Å². The van der Waals surface area contributed by atoms with Crippen molar-refractivity contribution in [2.24, 2.45) is 0 Å². The average molecular weight is 272 g/mol. The number of rotatable bonds is 2. The third kappa shape index (κ3) is 2.75. The number of amides is 1. The Morgan fingerprint density at radius 2 is 2.22 bits per heavy atom. The van der Waals surface area contributed by atoms with Crippen molar-refractivity contribution in [3.8, 4) is 0 Å². The first-order chi connectivity index (χ1) is 8.59. The van der Waals surface area contributed by atoms with Crippen molar-refractivity contribution in [3.05, 3.63) is 29.3 Å². The first-order valence-electron chi connectivity index (χ1n) is 5.71. The number of benzene rings is 1. The molecule has 1 saturated heterocycles. The number of nitrogens with one attached hydrogen (secondary N) is 1. The molecule has 0 saturated carbocycles. The quantitative estimate of drug-likeness (QED) is 0.811. The van der Waals surface area contributed by atoms with Gasteiger partial charge in [-0.2, -0.15) is 11.8 Å². The lowest BCUT2D eigenvalue weighted by molar-refractivity contribution is 0.0930. The standard InChI is InChI=1S/C12H14F2N2OS/c13-8-3-4-9(15)11(14)10(8)12(17)16-7-2-1-5-18-6-7/h3-4,7H,1-2,5-6,15H2,(H,16,17). The van der Waals surface area contributed by atoms with Crippen LogP contribution < -0.4 is 11.1 Å². The SMILES string of the molecule is Nc1ccc(F)c(C(=O)NC2CCCSC2)c1F. The fourth-order valence-corrected chi connectivity index (χ4v) is 2.96. The molecule has 1 aromatic carbocycles. The second-order valence-electron chi connectivity index (χ2n) is 4.21. The normalized spacial score (nSPS) is 19.6. The average Bonchev–Trinajstić information content (AvgIpc) is 2.36. The zero-order valence-corrected chi connectivity index (χ0v) is 10.5. The van der Waals surface area contributed by atoms with Crippen LogP contribution in [0.5, 0.6) is 0 Å². The lowest BCUT2D eigenvalue weighted by Gasteiger charge is -2.22. The van der Waals surface area contributed by atoms with Crippen LogP contribution in [-0.2, 0) is 0 Å². The maximum atomic E-state index is 13.6. The number of hydrogen-bond acceptors (Lipinski definition) is 3. The lowest BCUT2D eigenvalue weighted by atomic mass is 10.1. The molecule has 1 fully saturated rings. The number of nitrogen functional groups attached to an aromatic ring is 1. The Bertz CT molecular complexity index is 462.